The topological polar surface area (TPSA) is 93.9 Å². The average Bonchev–Trinajstić information content (AvgIpc) is 3.13. The first kappa shape index (κ1) is 23.3. The SMILES string of the molecule is COc1cc(OC)cc(N2CC(C(=O)NC(CN)C3CCCCC3)CC2=O)c1.Cl. The number of rotatable bonds is 7. The van der Waals surface area contributed by atoms with Crippen molar-refractivity contribution in [2.75, 3.05) is 32.2 Å². The Morgan fingerprint density at radius 2 is 1.79 bits per heavy atom. The molecule has 0 spiro atoms. The number of amides is 2. The fourth-order valence-corrected chi connectivity index (χ4v) is 4.29. The summed E-state index contributed by atoms with van der Waals surface area (Å²) in [7, 11) is 3.14. The van der Waals surface area contributed by atoms with E-state index in [1.54, 1.807) is 37.3 Å². The van der Waals surface area contributed by atoms with Gasteiger partial charge in [-0.1, -0.05) is 19.3 Å². The van der Waals surface area contributed by atoms with E-state index >= 15 is 0 Å². The summed E-state index contributed by atoms with van der Waals surface area (Å²) in [6.45, 7) is 0.789. The van der Waals surface area contributed by atoms with Crippen LogP contribution < -0.4 is 25.4 Å². The molecule has 0 aromatic heterocycles. The maximum absolute atomic E-state index is 12.8. The van der Waals surface area contributed by atoms with Crippen LogP contribution in [0.2, 0.25) is 0 Å². The number of nitrogens with two attached hydrogens (primary N) is 1. The van der Waals surface area contributed by atoms with E-state index < -0.39 is 0 Å². The van der Waals surface area contributed by atoms with Crippen LogP contribution in [0, 0.1) is 11.8 Å². The molecule has 1 aliphatic heterocycles. The van der Waals surface area contributed by atoms with Crippen molar-refractivity contribution in [1.29, 1.82) is 0 Å². The minimum absolute atomic E-state index is 0. The second kappa shape index (κ2) is 10.7. The van der Waals surface area contributed by atoms with Crippen molar-refractivity contribution >= 4 is 29.9 Å². The lowest BCUT2D eigenvalue weighted by Gasteiger charge is -2.30. The second-order valence-electron chi connectivity index (χ2n) is 7.73. The number of nitrogens with zero attached hydrogens (tertiary/aromatic N) is 1. The number of benzene rings is 1. The Bertz CT molecular complexity index is 687. The maximum Gasteiger partial charge on any atom is 0.227 e. The molecule has 29 heavy (non-hydrogen) atoms. The standard InChI is InChI=1S/C21H31N3O4.ClH/c1-27-17-9-16(10-18(11-17)28-2)24-13-15(8-20(24)25)21(26)23-19(12-22)14-6-4-3-5-7-14;/h9-11,14-15,19H,3-8,12-13,22H2,1-2H3,(H,23,26);1H. The van der Waals surface area contributed by atoms with E-state index in [1.165, 1.54) is 19.3 Å². The molecule has 7 nitrogen and oxygen atoms in total. The lowest BCUT2D eigenvalue weighted by molar-refractivity contribution is -0.127. The third-order valence-electron chi connectivity index (χ3n) is 5.94. The van der Waals surface area contributed by atoms with Crippen molar-refractivity contribution < 1.29 is 19.1 Å². The van der Waals surface area contributed by atoms with E-state index in [9.17, 15) is 9.59 Å². The Balaban J connectivity index is 0.00000300. The number of nitrogens with one attached hydrogen (secondary N) is 1. The molecule has 1 heterocycles. The van der Waals surface area contributed by atoms with Gasteiger partial charge < -0.3 is 25.4 Å². The maximum atomic E-state index is 12.8. The van der Waals surface area contributed by atoms with Crippen LogP contribution in [0.4, 0.5) is 5.69 Å². The third kappa shape index (κ3) is 5.54. The Labute approximate surface area is 178 Å². The molecule has 2 atom stereocenters. The van der Waals surface area contributed by atoms with Gasteiger partial charge in [-0.05, 0) is 18.8 Å². The van der Waals surface area contributed by atoms with Gasteiger partial charge in [0.2, 0.25) is 11.8 Å². The van der Waals surface area contributed by atoms with Crippen molar-refractivity contribution in [2.45, 2.75) is 44.6 Å². The van der Waals surface area contributed by atoms with E-state index in [0.717, 1.165) is 12.8 Å². The average molecular weight is 426 g/mol. The predicted molar refractivity (Wildman–Crippen MR) is 115 cm³/mol. The van der Waals surface area contributed by atoms with Crippen LogP contribution in [0.25, 0.3) is 0 Å². The molecule has 162 valence electrons. The van der Waals surface area contributed by atoms with Gasteiger partial charge in [-0.25, -0.2) is 0 Å². The first-order valence-electron chi connectivity index (χ1n) is 10.1. The fraction of sp³-hybridized carbons (Fsp3) is 0.619. The van der Waals surface area contributed by atoms with E-state index in [0.29, 0.717) is 36.2 Å². The van der Waals surface area contributed by atoms with Gasteiger partial charge >= 0.3 is 0 Å². The minimum Gasteiger partial charge on any atom is -0.497 e. The van der Waals surface area contributed by atoms with E-state index in [-0.39, 0.29) is 42.6 Å². The van der Waals surface area contributed by atoms with Gasteiger partial charge in [0.15, 0.2) is 0 Å². The Morgan fingerprint density at radius 3 is 2.34 bits per heavy atom. The number of ether oxygens (including phenoxy) is 2. The largest absolute Gasteiger partial charge is 0.497 e. The summed E-state index contributed by atoms with van der Waals surface area (Å²) in [6.07, 6.45) is 6.09. The first-order chi connectivity index (χ1) is 13.5. The molecule has 3 rings (SSSR count). The van der Waals surface area contributed by atoms with Gasteiger partial charge in [0.25, 0.3) is 0 Å². The highest BCUT2D eigenvalue weighted by Crippen LogP contribution is 2.33. The zero-order valence-corrected chi connectivity index (χ0v) is 18.0. The van der Waals surface area contributed by atoms with Gasteiger partial charge in [0, 0.05) is 43.8 Å². The monoisotopic (exact) mass is 425 g/mol. The number of carbonyl (C=O) groups excluding carboxylic acids is 2. The number of halogens is 1. The highest BCUT2D eigenvalue weighted by Gasteiger charge is 2.37. The van der Waals surface area contributed by atoms with Crippen LogP contribution in [0.5, 0.6) is 11.5 Å². The first-order valence-corrected chi connectivity index (χ1v) is 10.1. The molecule has 0 bridgehead atoms. The molecule has 1 saturated heterocycles. The minimum atomic E-state index is -0.373. The summed E-state index contributed by atoms with van der Waals surface area (Å²) in [6, 6.07) is 5.31. The van der Waals surface area contributed by atoms with Gasteiger partial charge in [-0.15, -0.1) is 12.4 Å². The van der Waals surface area contributed by atoms with Gasteiger partial charge in [-0.2, -0.15) is 0 Å². The highest BCUT2D eigenvalue weighted by atomic mass is 35.5. The van der Waals surface area contributed by atoms with Crippen LogP contribution in [-0.2, 0) is 9.59 Å². The summed E-state index contributed by atoms with van der Waals surface area (Å²) in [5, 5.41) is 3.12. The van der Waals surface area contributed by atoms with Crippen LogP contribution in [0.1, 0.15) is 38.5 Å². The lowest BCUT2D eigenvalue weighted by atomic mass is 9.83. The number of methoxy groups -OCH3 is 2. The smallest absolute Gasteiger partial charge is 0.227 e. The summed E-state index contributed by atoms with van der Waals surface area (Å²) in [4.78, 5) is 27.0. The third-order valence-corrected chi connectivity index (χ3v) is 5.94. The molecule has 8 heteroatoms. The summed E-state index contributed by atoms with van der Waals surface area (Å²) >= 11 is 0. The number of anilines is 1. The molecule has 1 saturated carbocycles. The Morgan fingerprint density at radius 1 is 1.17 bits per heavy atom. The molecular weight excluding hydrogens is 394 g/mol. The normalized spacial score (nSPS) is 20.7. The van der Waals surface area contributed by atoms with Crippen molar-refractivity contribution in [3.05, 3.63) is 18.2 Å². The van der Waals surface area contributed by atoms with Crippen LogP contribution in [0.3, 0.4) is 0 Å². The molecule has 2 unspecified atom stereocenters. The molecule has 0 radical (unpaired) electrons. The molecule has 2 aliphatic rings. The molecule has 2 fully saturated rings. The summed E-state index contributed by atoms with van der Waals surface area (Å²) < 4.78 is 10.6. The zero-order valence-electron chi connectivity index (χ0n) is 17.2. The van der Waals surface area contributed by atoms with Gasteiger partial charge in [0.05, 0.1) is 25.8 Å². The van der Waals surface area contributed by atoms with Crippen molar-refractivity contribution in [3.8, 4) is 11.5 Å². The van der Waals surface area contributed by atoms with E-state index in [1.807, 2.05) is 0 Å². The number of hydrogen-bond acceptors (Lipinski definition) is 5. The molecular formula is C21H32ClN3O4. The lowest BCUT2D eigenvalue weighted by Crippen LogP contribution is -2.48. The Hall–Kier alpha value is -1.99. The van der Waals surface area contributed by atoms with Gasteiger partial charge in [-0.3, -0.25) is 9.59 Å². The molecule has 3 N–H and O–H groups in total. The Kier molecular flexibility index (Phi) is 8.59. The van der Waals surface area contributed by atoms with Crippen molar-refractivity contribution in [2.24, 2.45) is 17.6 Å². The molecule has 1 aliphatic carbocycles. The summed E-state index contributed by atoms with van der Waals surface area (Å²) in [5.74, 6) is 1.14. The number of hydrogen-bond donors (Lipinski definition) is 2. The molecule has 2 amide bonds. The van der Waals surface area contributed by atoms with Crippen molar-refractivity contribution in [3.63, 3.8) is 0 Å². The summed E-state index contributed by atoms with van der Waals surface area (Å²) in [5.41, 5.74) is 6.62. The fourth-order valence-electron chi connectivity index (χ4n) is 4.29. The van der Waals surface area contributed by atoms with Gasteiger partial charge in [0.1, 0.15) is 11.5 Å². The van der Waals surface area contributed by atoms with Crippen LogP contribution in [0.15, 0.2) is 18.2 Å². The number of carbonyl (C=O) groups is 2. The molecule has 1 aromatic rings. The van der Waals surface area contributed by atoms with E-state index in [2.05, 4.69) is 5.32 Å². The van der Waals surface area contributed by atoms with Crippen LogP contribution in [-0.4, -0.2) is 45.2 Å². The molecule has 1 aromatic carbocycles. The highest BCUT2D eigenvalue weighted by molar-refractivity contribution is 6.00. The van der Waals surface area contributed by atoms with Crippen LogP contribution >= 0.6 is 12.4 Å². The quantitative estimate of drug-likeness (QED) is 0.700. The second-order valence-corrected chi connectivity index (χ2v) is 7.73. The zero-order chi connectivity index (χ0) is 20.1. The van der Waals surface area contributed by atoms with E-state index in [4.69, 9.17) is 15.2 Å². The predicted octanol–water partition coefficient (Wildman–Crippen LogP) is 2.50. The van der Waals surface area contributed by atoms with Crippen molar-refractivity contribution in [1.82, 2.24) is 5.32 Å².